The van der Waals surface area contributed by atoms with E-state index in [-0.39, 0.29) is 6.54 Å². The standard InChI is InChI=1S/C12H17F3N2O2S/c13-12(14,15)7-1-9-20(18,19)17-8-6-10-2-4-11(16)5-3-10/h2-5,17H,1,6-9,16H2. The van der Waals surface area contributed by atoms with E-state index in [4.69, 9.17) is 5.73 Å². The van der Waals surface area contributed by atoms with Crippen molar-refractivity contribution in [2.75, 3.05) is 18.0 Å². The molecular formula is C12H17F3N2O2S. The highest BCUT2D eigenvalue weighted by Crippen LogP contribution is 2.21. The van der Waals surface area contributed by atoms with Crippen LogP contribution in [-0.2, 0) is 16.4 Å². The molecule has 1 aromatic carbocycles. The molecule has 0 heterocycles. The van der Waals surface area contributed by atoms with E-state index < -0.39 is 34.8 Å². The molecule has 0 aliphatic heterocycles. The molecule has 0 aromatic heterocycles. The number of sulfonamides is 1. The summed E-state index contributed by atoms with van der Waals surface area (Å²) in [6, 6.07) is 6.95. The average molecular weight is 310 g/mol. The summed E-state index contributed by atoms with van der Waals surface area (Å²) < 4.78 is 60.9. The SMILES string of the molecule is Nc1ccc(CCNS(=O)(=O)CCCC(F)(F)F)cc1. The van der Waals surface area contributed by atoms with Gasteiger partial charge in [-0.05, 0) is 30.5 Å². The minimum atomic E-state index is -4.32. The molecule has 0 aliphatic carbocycles. The lowest BCUT2D eigenvalue weighted by molar-refractivity contribution is -0.134. The van der Waals surface area contributed by atoms with Gasteiger partial charge in [0.15, 0.2) is 0 Å². The van der Waals surface area contributed by atoms with Crippen LogP contribution in [0.4, 0.5) is 18.9 Å². The Balaban J connectivity index is 2.31. The summed E-state index contributed by atoms with van der Waals surface area (Å²) in [6.45, 7) is 0.151. The van der Waals surface area contributed by atoms with Crippen LogP contribution in [0.1, 0.15) is 18.4 Å². The lowest BCUT2D eigenvalue weighted by atomic mass is 10.1. The second kappa shape index (κ2) is 6.94. The smallest absolute Gasteiger partial charge is 0.389 e. The summed E-state index contributed by atoms with van der Waals surface area (Å²) in [5.74, 6) is -0.520. The molecule has 0 radical (unpaired) electrons. The van der Waals surface area contributed by atoms with Crippen molar-refractivity contribution in [1.29, 1.82) is 0 Å². The van der Waals surface area contributed by atoms with Gasteiger partial charge in [0.05, 0.1) is 5.75 Å². The van der Waals surface area contributed by atoms with Crippen molar-refractivity contribution < 1.29 is 21.6 Å². The first-order chi connectivity index (χ1) is 9.18. The Bertz CT molecular complexity index is 512. The Morgan fingerprint density at radius 2 is 1.75 bits per heavy atom. The normalized spacial score (nSPS) is 12.6. The van der Waals surface area contributed by atoms with E-state index in [0.29, 0.717) is 12.1 Å². The molecule has 0 atom stereocenters. The lowest BCUT2D eigenvalue weighted by Gasteiger charge is -2.08. The van der Waals surface area contributed by atoms with Gasteiger partial charge in [-0.15, -0.1) is 0 Å². The van der Waals surface area contributed by atoms with Gasteiger partial charge in [-0.2, -0.15) is 13.2 Å². The van der Waals surface area contributed by atoms with Crippen LogP contribution in [0.3, 0.4) is 0 Å². The number of nitrogen functional groups attached to an aromatic ring is 1. The van der Waals surface area contributed by atoms with Gasteiger partial charge >= 0.3 is 6.18 Å². The van der Waals surface area contributed by atoms with E-state index in [9.17, 15) is 21.6 Å². The second-order valence-corrected chi connectivity index (χ2v) is 6.35. The molecule has 0 saturated carbocycles. The first-order valence-electron chi connectivity index (χ1n) is 6.06. The molecule has 0 fully saturated rings. The third-order valence-corrected chi connectivity index (χ3v) is 4.06. The zero-order valence-electron chi connectivity index (χ0n) is 10.8. The zero-order chi connectivity index (χ0) is 15.2. The van der Waals surface area contributed by atoms with Crippen LogP contribution in [-0.4, -0.2) is 26.9 Å². The molecule has 4 nitrogen and oxygen atoms in total. The summed E-state index contributed by atoms with van der Waals surface area (Å²) in [4.78, 5) is 0. The molecule has 0 spiro atoms. The third-order valence-electron chi connectivity index (χ3n) is 2.59. The Labute approximate surface area is 116 Å². The lowest BCUT2D eigenvalue weighted by Crippen LogP contribution is -2.29. The Hall–Kier alpha value is -1.28. The highest BCUT2D eigenvalue weighted by Gasteiger charge is 2.27. The maximum absolute atomic E-state index is 11.9. The zero-order valence-corrected chi connectivity index (χ0v) is 11.6. The molecule has 0 bridgehead atoms. The number of rotatable bonds is 7. The van der Waals surface area contributed by atoms with Crippen LogP contribution in [0.5, 0.6) is 0 Å². The Morgan fingerprint density at radius 3 is 2.30 bits per heavy atom. The highest BCUT2D eigenvalue weighted by molar-refractivity contribution is 7.89. The molecule has 8 heteroatoms. The molecule has 0 saturated heterocycles. The number of nitrogens with one attached hydrogen (secondary N) is 1. The largest absolute Gasteiger partial charge is 0.399 e. The quantitative estimate of drug-likeness (QED) is 0.757. The van der Waals surface area contributed by atoms with Crippen molar-refractivity contribution in [2.24, 2.45) is 0 Å². The van der Waals surface area contributed by atoms with Crippen LogP contribution >= 0.6 is 0 Å². The van der Waals surface area contributed by atoms with Gasteiger partial charge in [0.25, 0.3) is 0 Å². The molecule has 1 rings (SSSR count). The monoisotopic (exact) mass is 310 g/mol. The summed E-state index contributed by atoms with van der Waals surface area (Å²) in [6.07, 6.45) is -5.38. The van der Waals surface area contributed by atoms with E-state index in [1.54, 1.807) is 24.3 Å². The van der Waals surface area contributed by atoms with Gasteiger partial charge in [0.2, 0.25) is 10.0 Å². The predicted octanol–water partition coefficient (Wildman–Crippen LogP) is 2.07. The minimum absolute atomic E-state index is 0.151. The van der Waals surface area contributed by atoms with Gasteiger partial charge in [0, 0.05) is 18.7 Å². The molecule has 1 aromatic rings. The van der Waals surface area contributed by atoms with E-state index in [2.05, 4.69) is 4.72 Å². The number of hydrogen-bond donors (Lipinski definition) is 2. The summed E-state index contributed by atoms with van der Waals surface area (Å²) in [5, 5.41) is 0. The van der Waals surface area contributed by atoms with Crippen LogP contribution in [0.2, 0.25) is 0 Å². The number of anilines is 1. The molecule has 0 unspecified atom stereocenters. The maximum atomic E-state index is 11.9. The number of nitrogens with two attached hydrogens (primary N) is 1. The van der Waals surface area contributed by atoms with Crippen LogP contribution in [0, 0.1) is 0 Å². The third kappa shape index (κ3) is 7.34. The Kier molecular flexibility index (Phi) is 5.82. The van der Waals surface area contributed by atoms with Crippen molar-refractivity contribution in [3.05, 3.63) is 29.8 Å². The fourth-order valence-corrected chi connectivity index (χ4v) is 2.65. The Morgan fingerprint density at radius 1 is 1.15 bits per heavy atom. The van der Waals surface area contributed by atoms with E-state index in [1.807, 2.05) is 0 Å². The van der Waals surface area contributed by atoms with Crippen molar-refractivity contribution in [3.63, 3.8) is 0 Å². The number of halogens is 3. The minimum Gasteiger partial charge on any atom is -0.399 e. The highest BCUT2D eigenvalue weighted by atomic mass is 32.2. The van der Waals surface area contributed by atoms with Crippen LogP contribution in [0.15, 0.2) is 24.3 Å². The van der Waals surface area contributed by atoms with E-state index in [1.165, 1.54) is 0 Å². The molecule has 20 heavy (non-hydrogen) atoms. The average Bonchev–Trinajstić information content (AvgIpc) is 2.29. The van der Waals surface area contributed by atoms with Crippen LogP contribution in [0.25, 0.3) is 0 Å². The van der Waals surface area contributed by atoms with Gasteiger partial charge in [-0.3, -0.25) is 0 Å². The van der Waals surface area contributed by atoms with E-state index >= 15 is 0 Å². The first-order valence-corrected chi connectivity index (χ1v) is 7.72. The summed E-state index contributed by atoms with van der Waals surface area (Å²) >= 11 is 0. The van der Waals surface area contributed by atoms with Gasteiger partial charge in [0.1, 0.15) is 0 Å². The van der Waals surface area contributed by atoms with E-state index in [0.717, 1.165) is 5.56 Å². The fourth-order valence-electron chi connectivity index (χ4n) is 1.57. The van der Waals surface area contributed by atoms with Crippen LogP contribution < -0.4 is 10.5 Å². The van der Waals surface area contributed by atoms with Crippen molar-refractivity contribution in [3.8, 4) is 0 Å². The topological polar surface area (TPSA) is 72.2 Å². The summed E-state index contributed by atoms with van der Waals surface area (Å²) in [5.41, 5.74) is 7.02. The predicted molar refractivity (Wildman–Crippen MR) is 71.6 cm³/mol. The van der Waals surface area contributed by atoms with Crippen molar-refractivity contribution in [1.82, 2.24) is 4.72 Å². The second-order valence-electron chi connectivity index (χ2n) is 4.42. The van der Waals surface area contributed by atoms with Gasteiger partial charge < -0.3 is 5.73 Å². The molecule has 0 amide bonds. The van der Waals surface area contributed by atoms with Crippen molar-refractivity contribution in [2.45, 2.75) is 25.4 Å². The first kappa shape index (κ1) is 16.8. The molecule has 0 aliphatic rings. The molecule has 3 N–H and O–H groups in total. The maximum Gasteiger partial charge on any atom is 0.389 e. The van der Waals surface area contributed by atoms with Gasteiger partial charge in [-0.1, -0.05) is 12.1 Å². The summed E-state index contributed by atoms with van der Waals surface area (Å²) in [7, 11) is -3.66. The van der Waals surface area contributed by atoms with Crippen molar-refractivity contribution >= 4 is 15.7 Å². The number of hydrogen-bond acceptors (Lipinski definition) is 3. The number of alkyl halides is 3. The number of benzene rings is 1. The fraction of sp³-hybridized carbons (Fsp3) is 0.500. The van der Waals surface area contributed by atoms with Gasteiger partial charge in [-0.25, -0.2) is 13.1 Å². The molecular weight excluding hydrogens is 293 g/mol. The molecule has 114 valence electrons.